The molecule has 0 unspecified atom stereocenters. The SMILES string of the molecule is CC(C)c1nc(CSc2ccc(Br)cc2)nc2c1CNC2. The Hall–Kier alpha value is -0.910. The topological polar surface area (TPSA) is 37.8 Å². The Morgan fingerprint density at radius 1 is 1.19 bits per heavy atom. The van der Waals surface area contributed by atoms with Gasteiger partial charge in [-0.25, -0.2) is 9.97 Å². The van der Waals surface area contributed by atoms with Gasteiger partial charge in [0.05, 0.1) is 17.1 Å². The van der Waals surface area contributed by atoms with E-state index in [4.69, 9.17) is 9.97 Å². The molecule has 5 heteroatoms. The first-order valence-electron chi connectivity index (χ1n) is 7.11. The van der Waals surface area contributed by atoms with Crippen molar-refractivity contribution < 1.29 is 0 Å². The fourth-order valence-electron chi connectivity index (χ4n) is 2.47. The van der Waals surface area contributed by atoms with Crippen LogP contribution in [0, 0.1) is 0 Å². The summed E-state index contributed by atoms with van der Waals surface area (Å²) < 4.78 is 1.11. The molecular formula is C16H18BrN3S. The van der Waals surface area contributed by atoms with Crippen molar-refractivity contribution in [3.8, 4) is 0 Å². The number of rotatable bonds is 4. The van der Waals surface area contributed by atoms with E-state index < -0.39 is 0 Å². The summed E-state index contributed by atoms with van der Waals surface area (Å²) in [6, 6.07) is 8.37. The highest BCUT2D eigenvalue weighted by molar-refractivity contribution is 9.10. The maximum Gasteiger partial charge on any atom is 0.139 e. The zero-order chi connectivity index (χ0) is 14.8. The largest absolute Gasteiger partial charge is 0.307 e. The first-order valence-corrected chi connectivity index (χ1v) is 8.89. The smallest absolute Gasteiger partial charge is 0.139 e. The van der Waals surface area contributed by atoms with Crippen molar-refractivity contribution in [3.63, 3.8) is 0 Å². The van der Waals surface area contributed by atoms with Gasteiger partial charge in [-0.05, 0) is 30.2 Å². The van der Waals surface area contributed by atoms with E-state index in [2.05, 4.69) is 59.4 Å². The second-order valence-electron chi connectivity index (χ2n) is 5.45. The molecule has 1 N–H and O–H groups in total. The highest BCUT2D eigenvalue weighted by Crippen LogP contribution is 2.27. The van der Waals surface area contributed by atoms with Crippen molar-refractivity contribution in [3.05, 3.63) is 51.5 Å². The molecule has 0 amide bonds. The standard InChI is InChI=1S/C16H18BrN3S/c1-10(2)16-13-7-18-8-14(13)19-15(20-16)9-21-12-5-3-11(17)4-6-12/h3-6,10,18H,7-9H2,1-2H3. The van der Waals surface area contributed by atoms with Crippen LogP contribution in [0.5, 0.6) is 0 Å². The van der Waals surface area contributed by atoms with Crippen molar-refractivity contribution in [2.24, 2.45) is 0 Å². The molecule has 3 nitrogen and oxygen atoms in total. The van der Waals surface area contributed by atoms with Gasteiger partial charge in [0.1, 0.15) is 5.82 Å². The van der Waals surface area contributed by atoms with Crippen LogP contribution in [-0.2, 0) is 18.8 Å². The van der Waals surface area contributed by atoms with E-state index in [-0.39, 0.29) is 0 Å². The van der Waals surface area contributed by atoms with Gasteiger partial charge in [-0.2, -0.15) is 0 Å². The van der Waals surface area contributed by atoms with Crippen LogP contribution in [0.15, 0.2) is 33.6 Å². The maximum absolute atomic E-state index is 4.80. The lowest BCUT2D eigenvalue weighted by molar-refractivity contribution is 0.746. The Kier molecular flexibility index (Phi) is 4.62. The van der Waals surface area contributed by atoms with Crippen molar-refractivity contribution in [1.82, 2.24) is 15.3 Å². The molecule has 0 spiro atoms. The van der Waals surface area contributed by atoms with E-state index in [1.54, 1.807) is 11.8 Å². The molecule has 1 aliphatic heterocycles. The van der Waals surface area contributed by atoms with Gasteiger partial charge in [0, 0.05) is 28.0 Å². The molecule has 21 heavy (non-hydrogen) atoms. The maximum atomic E-state index is 4.80. The Bertz CT molecular complexity index is 641. The summed E-state index contributed by atoms with van der Waals surface area (Å²) in [5.74, 6) is 2.20. The third-order valence-electron chi connectivity index (χ3n) is 3.49. The molecule has 0 bridgehead atoms. The molecule has 1 aliphatic rings. The van der Waals surface area contributed by atoms with Crippen molar-refractivity contribution >= 4 is 27.7 Å². The number of benzene rings is 1. The summed E-state index contributed by atoms with van der Waals surface area (Å²) in [7, 11) is 0. The molecule has 0 radical (unpaired) electrons. The van der Waals surface area contributed by atoms with Gasteiger partial charge in [-0.3, -0.25) is 0 Å². The lowest BCUT2D eigenvalue weighted by atomic mass is 10.0. The van der Waals surface area contributed by atoms with Gasteiger partial charge in [0.2, 0.25) is 0 Å². The van der Waals surface area contributed by atoms with Gasteiger partial charge >= 0.3 is 0 Å². The molecule has 1 aromatic heterocycles. The predicted molar refractivity (Wildman–Crippen MR) is 90.4 cm³/mol. The fraction of sp³-hybridized carbons (Fsp3) is 0.375. The third-order valence-corrected chi connectivity index (χ3v) is 5.03. The average Bonchev–Trinajstić information content (AvgIpc) is 2.94. The Labute approximate surface area is 138 Å². The molecule has 2 aromatic rings. The van der Waals surface area contributed by atoms with E-state index in [9.17, 15) is 0 Å². The van der Waals surface area contributed by atoms with Crippen LogP contribution in [0.1, 0.15) is 42.5 Å². The van der Waals surface area contributed by atoms with Crippen LogP contribution >= 0.6 is 27.7 Å². The normalized spacial score (nSPS) is 13.7. The molecule has 1 aromatic carbocycles. The highest BCUT2D eigenvalue weighted by atomic mass is 79.9. The molecule has 2 heterocycles. The van der Waals surface area contributed by atoms with E-state index in [0.717, 1.165) is 29.1 Å². The van der Waals surface area contributed by atoms with E-state index in [0.29, 0.717) is 5.92 Å². The summed E-state index contributed by atoms with van der Waals surface area (Å²) in [4.78, 5) is 10.8. The second kappa shape index (κ2) is 6.46. The van der Waals surface area contributed by atoms with Gasteiger partial charge in [-0.15, -0.1) is 11.8 Å². The number of hydrogen-bond acceptors (Lipinski definition) is 4. The lowest BCUT2D eigenvalue weighted by Crippen LogP contribution is -2.06. The summed E-state index contributed by atoms with van der Waals surface area (Å²) >= 11 is 5.24. The van der Waals surface area contributed by atoms with Crippen molar-refractivity contribution in [2.45, 2.75) is 43.5 Å². The highest BCUT2D eigenvalue weighted by Gasteiger charge is 2.20. The number of nitrogens with zero attached hydrogens (tertiary/aromatic N) is 2. The summed E-state index contributed by atoms with van der Waals surface area (Å²) in [6.07, 6.45) is 0. The average molecular weight is 364 g/mol. The molecule has 0 aliphatic carbocycles. The predicted octanol–water partition coefficient (Wildman–Crippen LogP) is 4.26. The Balaban J connectivity index is 1.79. The second-order valence-corrected chi connectivity index (χ2v) is 7.42. The number of thioether (sulfide) groups is 1. The molecule has 0 atom stereocenters. The molecular weight excluding hydrogens is 346 g/mol. The fourth-order valence-corrected chi connectivity index (χ4v) is 3.49. The molecule has 0 saturated heterocycles. The number of hydrogen-bond donors (Lipinski definition) is 1. The summed E-state index contributed by atoms with van der Waals surface area (Å²) in [5.41, 5.74) is 3.69. The Morgan fingerprint density at radius 3 is 2.67 bits per heavy atom. The number of halogens is 1. The van der Waals surface area contributed by atoms with Crippen LogP contribution in [0.25, 0.3) is 0 Å². The van der Waals surface area contributed by atoms with Crippen LogP contribution < -0.4 is 5.32 Å². The number of nitrogens with one attached hydrogen (secondary N) is 1. The van der Waals surface area contributed by atoms with Gasteiger partial charge < -0.3 is 5.32 Å². The Morgan fingerprint density at radius 2 is 1.95 bits per heavy atom. The van der Waals surface area contributed by atoms with Crippen LogP contribution in [-0.4, -0.2) is 9.97 Å². The minimum absolute atomic E-state index is 0.443. The van der Waals surface area contributed by atoms with Crippen LogP contribution in [0.2, 0.25) is 0 Å². The van der Waals surface area contributed by atoms with Crippen LogP contribution in [0.3, 0.4) is 0 Å². The number of fused-ring (bicyclic) bond motifs is 1. The molecule has 0 saturated carbocycles. The first kappa shape index (κ1) is 15.0. The zero-order valence-corrected chi connectivity index (χ0v) is 14.6. The lowest BCUT2D eigenvalue weighted by Gasteiger charge is -2.12. The van der Waals surface area contributed by atoms with Gasteiger partial charge in [0.15, 0.2) is 0 Å². The van der Waals surface area contributed by atoms with E-state index in [1.807, 2.05) is 0 Å². The van der Waals surface area contributed by atoms with Crippen LogP contribution in [0.4, 0.5) is 0 Å². The molecule has 3 rings (SSSR count). The quantitative estimate of drug-likeness (QED) is 0.823. The zero-order valence-electron chi connectivity index (χ0n) is 12.2. The van der Waals surface area contributed by atoms with E-state index >= 15 is 0 Å². The summed E-state index contributed by atoms with van der Waals surface area (Å²) in [6.45, 7) is 6.18. The molecule has 110 valence electrons. The van der Waals surface area contributed by atoms with E-state index in [1.165, 1.54) is 21.8 Å². The monoisotopic (exact) mass is 363 g/mol. The molecule has 0 fully saturated rings. The van der Waals surface area contributed by atoms with Gasteiger partial charge in [-0.1, -0.05) is 29.8 Å². The summed E-state index contributed by atoms with van der Waals surface area (Å²) in [5, 5.41) is 3.38. The first-order chi connectivity index (χ1) is 10.1. The minimum atomic E-state index is 0.443. The van der Waals surface area contributed by atoms with Crippen molar-refractivity contribution in [1.29, 1.82) is 0 Å². The van der Waals surface area contributed by atoms with Gasteiger partial charge in [0.25, 0.3) is 0 Å². The third kappa shape index (κ3) is 3.47. The number of aromatic nitrogens is 2. The minimum Gasteiger partial charge on any atom is -0.307 e. The van der Waals surface area contributed by atoms with Crippen molar-refractivity contribution in [2.75, 3.05) is 0 Å².